The van der Waals surface area contributed by atoms with Crippen LogP contribution in [0.25, 0.3) is 22.2 Å². The van der Waals surface area contributed by atoms with Gasteiger partial charge in [0.1, 0.15) is 16.5 Å². The second kappa shape index (κ2) is 7.88. The Morgan fingerprint density at radius 2 is 1.90 bits per heavy atom. The molecule has 2 aromatic carbocycles. The summed E-state index contributed by atoms with van der Waals surface area (Å²) in [6, 6.07) is 13.8. The average molecular weight is 445 g/mol. The molecule has 0 atom stereocenters. The van der Waals surface area contributed by atoms with Crippen molar-refractivity contribution >= 4 is 27.0 Å². The molecule has 0 fully saturated rings. The van der Waals surface area contributed by atoms with E-state index in [-0.39, 0.29) is 22.4 Å². The van der Waals surface area contributed by atoms with Gasteiger partial charge in [0.25, 0.3) is 15.9 Å². The summed E-state index contributed by atoms with van der Waals surface area (Å²) in [5.74, 6) is 0.645. The molecule has 2 heterocycles. The highest BCUT2D eigenvalue weighted by Crippen LogP contribution is 2.34. The van der Waals surface area contributed by atoms with E-state index in [4.69, 9.17) is 9.26 Å². The maximum atomic E-state index is 13.1. The number of thiophene rings is 1. The molecule has 0 aliphatic carbocycles. The Hall–Kier alpha value is -3.24. The number of methoxy groups -OCH3 is 1. The molecule has 30 heavy (non-hydrogen) atoms. The van der Waals surface area contributed by atoms with Crippen LogP contribution in [0.3, 0.4) is 0 Å². The van der Waals surface area contributed by atoms with E-state index in [0.717, 1.165) is 0 Å². The molecule has 0 saturated heterocycles. The van der Waals surface area contributed by atoms with Crippen molar-refractivity contribution in [2.45, 2.75) is 11.8 Å². The standard InChI is InChI=1S/C20H16FN3O4S2/c1-12-18(30(25,26)24-15-4-3-5-16(10-15)27-2)11-17(29-12)20-22-19(23-28-20)13-6-8-14(21)9-7-13/h3-11,24H,1-2H3. The van der Waals surface area contributed by atoms with Gasteiger partial charge in [0.2, 0.25) is 5.82 Å². The number of rotatable bonds is 6. The van der Waals surface area contributed by atoms with E-state index < -0.39 is 10.0 Å². The van der Waals surface area contributed by atoms with Crippen LogP contribution in [-0.2, 0) is 10.0 Å². The molecule has 4 aromatic rings. The highest BCUT2D eigenvalue weighted by molar-refractivity contribution is 7.93. The van der Waals surface area contributed by atoms with Crippen molar-refractivity contribution in [3.63, 3.8) is 0 Å². The molecule has 154 valence electrons. The minimum Gasteiger partial charge on any atom is -0.497 e. The molecule has 10 heteroatoms. The van der Waals surface area contributed by atoms with Gasteiger partial charge in [0.15, 0.2) is 0 Å². The molecule has 0 unspecified atom stereocenters. The summed E-state index contributed by atoms with van der Waals surface area (Å²) >= 11 is 1.22. The van der Waals surface area contributed by atoms with E-state index in [1.807, 2.05) is 0 Å². The van der Waals surface area contributed by atoms with E-state index in [9.17, 15) is 12.8 Å². The minimum absolute atomic E-state index is 0.117. The Kier molecular flexibility index (Phi) is 5.27. The molecule has 1 N–H and O–H groups in total. The molecule has 0 amide bonds. The number of aryl methyl sites for hydroxylation is 1. The van der Waals surface area contributed by atoms with Crippen molar-refractivity contribution in [1.29, 1.82) is 0 Å². The monoisotopic (exact) mass is 445 g/mol. The normalized spacial score (nSPS) is 11.4. The summed E-state index contributed by atoms with van der Waals surface area (Å²) < 4.78 is 51.8. The second-order valence-corrected chi connectivity index (χ2v) is 9.21. The van der Waals surface area contributed by atoms with Gasteiger partial charge in [0.05, 0.1) is 17.7 Å². The molecule has 0 spiro atoms. The number of aromatic nitrogens is 2. The topological polar surface area (TPSA) is 94.3 Å². The number of nitrogens with zero attached hydrogens (tertiary/aromatic N) is 2. The largest absolute Gasteiger partial charge is 0.497 e. The zero-order chi connectivity index (χ0) is 21.3. The van der Waals surface area contributed by atoms with Gasteiger partial charge in [-0.25, -0.2) is 12.8 Å². The molecule has 2 aromatic heterocycles. The number of anilines is 1. The van der Waals surface area contributed by atoms with Crippen LogP contribution in [-0.4, -0.2) is 25.7 Å². The van der Waals surface area contributed by atoms with Crippen molar-refractivity contribution in [3.8, 4) is 27.9 Å². The summed E-state index contributed by atoms with van der Waals surface area (Å²) in [5.41, 5.74) is 0.977. The van der Waals surface area contributed by atoms with Crippen LogP contribution in [0.5, 0.6) is 5.75 Å². The zero-order valence-corrected chi connectivity index (χ0v) is 17.6. The quantitative estimate of drug-likeness (QED) is 0.461. The molecular formula is C20H16FN3O4S2. The van der Waals surface area contributed by atoms with Crippen LogP contribution in [0.15, 0.2) is 64.0 Å². The molecule has 0 aliphatic heterocycles. The lowest BCUT2D eigenvalue weighted by molar-refractivity contribution is 0.415. The SMILES string of the molecule is COc1cccc(NS(=O)(=O)c2cc(-c3nc(-c4ccc(F)cc4)no3)sc2C)c1. The summed E-state index contributed by atoms with van der Waals surface area (Å²) in [5, 5.41) is 3.90. The van der Waals surface area contributed by atoms with Crippen molar-refractivity contribution in [3.05, 3.63) is 65.3 Å². The third-order valence-electron chi connectivity index (χ3n) is 4.22. The van der Waals surface area contributed by atoms with Crippen molar-refractivity contribution in [2.75, 3.05) is 11.8 Å². The number of benzene rings is 2. The molecule has 0 aliphatic rings. The summed E-state index contributed by atoms with van der Waals surface area (Å²) in [4.78, 5) is 5.50. The maximum Gasteiger partial charge on any atom is 0.268 e. The van der Waals surface area contributed by atoms with E-state index in [1.54, 1.807) is 31.2 Å². The highest BCUT2D eigenvalue weighted by atomic mass is 32.2. The number of hydrogen-bond donors (Lipinski definition) is 1. The second-order valence-electron chi connectivity index (χ2n) is 6.30. The predicted molar refractivity (Wildman–Crippen MR) is 112 cm³/mol. The molecular weight excluding hydrogens is 429 g/mol. The fourth-order valence-electron chi connectivity index (χ4n) is 2.77. The molecule has 0 radical (unpaired) electrons. The first kappa shape index (κ1) is 20.0. The van der Waals surface area contributed by atoms with Gasteiger partial charge in [-0.2, -0.15) is 4.98 Å². The van der Waals surface area contributed by atoms with Crippen LogP contribution in [0.4, 0.5) is 10.1 Å². The Labute approximate surface area is 176 Å². The van der Waals surface area contributed by atoms with Gasteiger partial charge >= 0.3 is 0 Å². The van der Waals surface area contributed by atoms with E-state index in [1.165, 1.54) is 48.8 Å². The number of ether oxygens (including phenoxy) is 1. The Balaban J connectivity index is 1.62. The molecule has 4 rings (SSSR count). The number of sulfonamides is 1. The average Bonchev–Trinajstić information content (AvgIpc) is 3.35. The van der Waals surface area contributed by atoms with Crippen LogP contribution in [0.2, 0.25) is 0 Å². The van der Waals surface area contributed by atoms with Crippen LogP contribution in [0.1, 0.15) is 4.88 Å². The van der Waals surface area contributed by atoms with Crippen LogP contribution >= 0.6 is 11.3 Å². The fourth-order valence-corrected chi connectivity index (χ4v) is 5.34. The van der Waals surface area contributed by atoms with Gasteiger partial charge in [-0.15, -0.1) is 11.3 Å². The number of halogens is 1. The molecule has 0 bridgehead atoms. The van der Waals surface area contributed by atoms with Crippen LogP contribution < -0.4 is 9.46 Å². The Morgan fingerprint density at radius 3 is 2.63 bits per heavy atom. The van der Waals surface area contributed by atoms with E-state index in [0.29, 0.717) is 26.8 Å². The zero-order valence-electron chi connectivity index (χ0n) is 15.9. The fraction of sp³-hybridized carbons (Fsp3) is 0.100. The van der Waals surface area contributed by atoms with Gasteiger partial charge in [-0.1, -0.05) is 11.2 Å². The van der Waals surface area contributed by atoms with Gasteiger partial charge < -0.3 is 9.26 Å². The summed E-state index contributed by atoms with van der Waals surface area (Å²) in [6.07, 6.45) is 0. The van der Waals surface area contributed by atoms with Crippen LogP contribution in [0, 0.1) is 12.7 Å². The Morgan fingerprint density at radius 1 is 1.13 bits per heavy atom. The smallest absolute Gasteiger partial charge is 0.268 e. The summed E-state index contributed by atoms with van der Waals surface area (Å²) in [6.45, 7) is 1.70. The van der Waals surface area contributed by atoms with E-state index >= 15 is 0 Å². The Bertz CT molecular complexity index is 1300. The minimum atomic E-state index is -3.83. The van der Waals surface area contributed by atoms with Gasteiger partial charge in [0, 0.05) is 16.5 Å². The number of nitrogens with one attached hydrogen (secondary N) is 1. The maximum absolute atomic E-state index is 13.1. The lowest BCUT2D eigenvalue weighted by Gasteiger charge is -2.08. The van der Waals surface area contributed by atoms with Crippen molar-refractivity contribution < 1.29 is 22.1 Å². The summed E-state index contributed by atoms with van der Waals surface area (Å²) in [7, 11) is -2.33. The molecule has 0 saturated carbocycles. The van der Waals surface area contributed by atoms with Crippen molar-refractivity contribution in [1.82, 2.24) is 10.1 Å². The van der Waals surface area contributed by atoms with Gasteiger partial charge in [-0.3, -0.25) is 4.72 Å². The number of hydrogen-bond acceptors (Lipinski definition) is 7. The lowest BCUT2D eigenvalue weighted by atomic mass is 10.2. The first-order valence-corrected chi connectivity index (χ1v) is 11.0. The first-order valence-electron chi connectivity index (χ1n) is 8.73. The molecule has 7 nitrogen and oxygen atoms in total. The predicted octanol–water partition coefficient (Wildman–Crippen LogP) is 4.72. The highest BCUT2D eigenvalue weighted by Gasteiger charge is 2.23. The van der Waals surface area contributed by atoms with E-state index in [2.05, 4.69) is 14.9 Å². The first-order chi connectivity index (χ1) is 14.4. The lowest BCUT2D eigenvalue weighted by Crippen LogP contribution is -2.13. The third kappa shape index (κ3) is 4.05. The van der Waals surface area contributed by atoms with Crippen molar-refractivity contribution in [2.24, 2.45) is 0 Å². The third-order valence-corrected chi connectivity index (χ3v) is 6.90. The van der Waals surface area contributed by atoms with Gasteiger partial charge in [-0.05, 0) is 49.4 Å².